The molecule has 0 bridgehead atoms. The van der Waals surface area contributed by atoms with Gasteiger partial charge in [0, 0.05) is 0 Å². The summed E-state index contributed by atoms with van der Waals surface area (Å²) in [5.41, 5.74) is 0. The van der Waals surface area contributed by atoms with Crippen molar-refractivity contribution in [1.29, 1.82) is 0 Å². The molecule has 0 atom stereocenters. The van der Waals surface area contributed by atoms with Gasteiger partial charge in [-0.2, -0.15) is 0 Å². The summed E-state index contributed by atoms with van der Waals surface area (Å²) in [5, 5.41) is 4.86. The van der Waals surface area contributed by atoms with Gasteiger partial charge in [-0.3, -0.25) is 0 Å². The van der Waals surface area contributed by atoms with Crippen LogP contribution in [0.5, 0.6) is 0 Å². The summed E-state index contributed by atoms with van der Waals surface area (Å²) in [5.74, 6) is 0. The molecule has 1 aromatic rings. The first kappa shape index (κ1) is 3.55. The van der Waals surface area contributed by atoms with Gasteiger partial charge in [-0.15, -0.1) is 0 Å². The Bertz CT molecular complexity index is 149. The quantitative estimate of drug-likeness (QED) is 0.475. The molecule has 0 aliphatic heterocycles. The lowest BCUT2D eigenvalue weighted by molar-refractivity contribution is -0.471. The standard InChI is InChI=1S/C2H2N2OS/c6-2-1-3-4-5-2/h1,4H/p+1. The molecule has 0 unspecified atom stereocenters. The van der Waals surface area contributed by atoms with Crippen molar-refractivity contribution < 1.29 is 9.62 Å². The van der Waals surface area contributed by atoms with Gasteiger partial charge in [0.2, 0.25) is 0 Å². The van der Waals surface area contributed by atoms with E-state index in [1.165, 1.54) is 0 Å². The molecule has 0 amide bonds. The highest BCUT2D eigenvalue weighted by molar-refractivity contribution is 7.71. The van der Waals surface area contributed by atoms with Crippen LogP contribution >= 0.6 is 12.2 Å². The van der Waals surface area contributed by atoms with Crippen molar-refractivity contribution in [1.82, 2.24) is 5.27 Å². The Morgan fingerprint density at radius 2 is 2.83 bits per heavy atom. The zero-order valence-electron chi connectivity index (χ0n) is 2.89. The lowest BCUT2D eigenvalue weighted by Crippen LogP contribution is -1.95. The number of hydrogen-bond acceptors (Lipinski definition) is 2. The summed E-state index contributed by atoms with van der Waals surface area (Å²) < 4.78 is 4.91. The van der Waals surface area contributed by atoms with Crippen LogP contribution in [-0.2, 0) is 0 Å². The van der Waals surface area contributed by atoms with Crippen LogP contribution < -0.4 is 5.10 Å². The summed E-state index contributed by atoms with van der Waals surface area (Å²) in [6.07, 6.45) is 1.55. The minimum Gasteiger partial charge on any atom is -0.316 e. The number of nitrogens with one attached hydrogen (secondary N) is 2. The van der Waals surface area contributed by atoms with Gasteiger partial charge in [0.05, 0.1) is 0 Å². The van der Waals surface area contributed by atoms with Gasteiger partial charge in [-0.1, -0.05) is 5.10 Å². The monoisotopic (exact) mass is 103 g/mol. The molecule has 0 aliphatic rings. The van der Waals surface area contributed by atoms with Gasteiger partial charge in [-0.05, 0) is 17.5 Å². The molecule has 32 valence electrons. The molecule has 3 nitrogen and oxygen atoms in total. The van der Waals surface area contributed by atoms with Gasteiger partial charge < -0.3 is 4.52 Å². The van der Waals surface area contributed by atoms with Gasteiger partial charge in [-0.25, -0.2) is 0 Å². The van der Waals surface area contributed by atoms with Gasteiger partial charge in [0.1, 0.15) is 0 Å². The third-order valence-corrected chi connectivity index (χ3v) is 0.602. The smallest absolute Gasteiger partial charge is 0.290 e. The van der Waals surface area contributed by atoms with Crippen molar-refractivity contribution in [2.45, 2.75) is 0 Å². The van der Waals surface area contributed by atoms with E-state index >= 15 is 0 Å². The maximum Gasteiger partial charge on any atom is 0.290 e. The van der Waals surface area contributed by atoms with Crippen molar-refractivity contribution in [2.24, 2.45) is 0 Å². The fourth-order valence-corrected chi connectivity index (χ4v) is 0.298. The van der Waals surface area contributed by atoms with Crippen LogP contribution in [0, 0.1) is 4.71 Å². The molecular formula is C2H3N2OS+. The fraction of sp³-hybridized carbons (Fsp3) is 0. The first-order valence-corrected chi connectivity index (χ1v) is 1.85. The molecule has 1 heterocycles. The third kappa shape index (κ3) is 0.463. The predicted molar refractivity (Wildman–Crippen MR) is 20.4 cm³/mol. The SMILES string of the molecule is S=c1c[nH+][nH]o1. The molecule has 4 heteroatoms. The van der Waals surface area contributed by atoms with Crippen LogP contribution in [0.25, 0.3) is 0 Å². The number of aromatic nitrogens is 2. The highest BCUT2D eigenvalue weighted by Gasteiger charge is 1.78. The second-order valence-electron chi connectivity index (χ2n) is 0.812. The van der Waals surface area contributed by atoms with E-state index in [0.717, 1.165) is 0 Å². The van der Waals surface area contributed by atoms with Crippen LogP contribution in [0.2, 0.25) is 0 Å². The minimum atomic E-state index is 0.440. The van der Waals surface area contributed by atoms with Crippen LogP contribution in [0.4, 0.5) is 0 Å². The Hall–Kier alpha value is -0.640. The zero-order chi connectivity index (χ0) is 4.41. The van der Waals surface area contributed by atoms with Crippen molar-refractivity contribution in [3.05, 3.63) is 10.9 Å². The average molecular weight is 103 g/mol. The molecule has 2 N–H and O–H groups in total. The molecule has 0 saturated heterocycles. The maximum atomic E-state index is 4.52. The lowest BCUT2D eigenvalue weighted by Gasteiger charge is -1.48. The van der Waals surface area contributed by atoms with Crippen LogP contribution in [0.1, 0.15) is 0 Å². The molecule has 1 rings (SSSR count). The summed E-state index contributed by atoms with van der Waals surface area (Å²) in [4.78, 5) is 0. The van der Waals surface area contributed by atoms with Crippen molar-refractivity contribution >= 4 is 12.2 Å². The van der Waals surface area contributed by atoms with Crippen LogP contribution in [0.15, 0.2) is 10.7 Å². The fourth-order valence-electron chi connectivity index (χ4n) is 0.198. The molecule has 1 aromatic heterocycles. The summed E-state index contributed by atoms with van der Waals surface area (Å²) in [7, 11) is 0. The molecule has 0 spiro atoms. The van der Waals surface area contributed by atoms with Crippen molar-refractivity contribution in [2.75, 3.05) is 0 Å². The summed E-state index contributed by atoms with van der Waals surface area (Å²) >= 11 is 4.52. The largest absolute Gasteiger partial charge is 0.316 e. The zero-order valence-corrected chi connectivity index (χ0v) is 3.71. The lowest BCUT2D eigenvalue weighted by atomic mass is 11.0. The number of hydrogen-bond donors (Lipinski definition) is 1. The molecule has 0 radical (unpaired) electrons. The predicted octanol–water partition coefficient (Wildman–Crippen LogP) is 0.151. The second kappa shape index (κ2) is 1.22. The maximum absolute atomic E-state index is 4.52. The average Bonchev–Trinajstić information content (AvgIpc) is 1.86. The molecule has 0 fully saturated rings. The molecule has 0 aliphatic carbocycles. The summed E-state index contributed by atoms with van der Waals surface area (Å²) in [6.45, 7) is 0. The Kier molecular flexibility index (Phi) is 0.719. The highest BCUT2D eigenvalue weighted by Crippen LogP contribution is 1.72. The number of aromatic amines is 2. The van der Waals surface area contributed by atoms with E-state index in [-0.39, 0.29) is 0 Å². The Balaban J connectivity index is 3.41. The molecule has 0 aromatic carbocycles. The first-order valence-electron chi connectivity index (χ1n) is 1.44. The minimum absolute atomic E-state index is 0.440. The van der Waals surface area contributed by atoms with Crippen molar-refractivity contribution in [3.8, 4) is 0 Å². The summed E-state index contributed by atoms with van der Waals surface area (Å²) in [6, 6.07) is 0. The number of rotatable bonds is 0. The topological polar surface area (TPSA) is 43.1 Å². The van der Waals surface area contributed by atoms with E-state index in [1.807, 2.05) is 0 Å². The van der Waals surface area contributed by atoms with Gasteiger partial charge in [0.15, 0.2) is 0 Å². The van der Waals surface area contributed by atoms with E-state index in [2.05, 4.69) is 27.1 Å². The number of H-pyrrole nitrogens is 2. The molecule has 6 heavy (non-hydrogen) atoms. The Labute approximate surface area is 38.9 Å². The molecule has 0 saturated carbocycles. The second-order valence-corrected chi connectivity index (χ2v) is 1.21. The Morgan fingerprint density at radius 3 is 3.00 bits per heavy atom. The first-order chi connectivity index (χ1) is 2.89. The van der Waals surface area contributed by atoms with E-state index in [1.54, 1.807) is 6.20 Å². The normalized spacial score (nSPS) is 8.67. The van der Waals surface area contributed by atoms with E-state index in [0.29, 0.717) is 4.71 Å². The Morgan fingerprint density at radius 1 is 2.00 bits per heavy atom. The molecular weight excluding hydrogens is 100 g/mol. The van der Waals surface area contributed by atoms with Gasteiger partial charge >= 0.3 is 0 Å². The third-order valence-electron chi connectivity index (χ3n) is 0.401. The van der Waals surface area contributed by atoms with E-state index in [4.69, 9.17) is 0 Å². The van der Waals surface area contributed by atoms with Crippen molar-refractivity contribution in [3.63, 3.8) is 0 Å². The van der Waals surface area contributed by atoms with Gasteiger partial charge in [0.25, 0.3) is 10.9 Å². The van der Waals surface area contributed by atoms with E-state index in [9.17, 15) is 0 Å². The van der Waals surface area contributed by atoms with Crippen LogP contribution in [-0.4, -0.2) is 5.27 Å². The van der Waals surface area contributed by atoms with Crippen LogP contribution in [0.3, 0.4) is 0 Å². The van der Waals surface area contributed by atoms with E-state index < -0.39 is 0 Å². The highest BCUT2D eigenvalue weighted by atomic mass is 32.1.